The molecule has 2 amide bonds. The second-order valence-electron chi connectivity index (χ2n) is 7.56. The van der Waals surface area contributed by atoms with Crippen molar-refractivity contribution in [3.8, 4) is 0 Å². The average molecular weight is 429 g/mol. The Morgan fingerprint density at radius 2 is 1.77 bits per heavy atom. The zero-order valence-corrected chi connectivity index (χ0v) is 17.1. The fourth-order valence-corrected chi connectivity index (χ4v) is 2.39. The Morgan fingerprint density at radius 3 is 2.30 bits per heavy atom. The third-order valence-electron chi connectivity index (χ3n) is 3.81. The van der Waals surface area contributed by atoms with Crippen molar-refractivity contribution in [2.75, 3.05) is 6.54 Å². The predicted octanol–water partition coefficient (Wildman–Crippen LogP) is 4.70. The van der Waals surface area contributed by atoms with Crippen molar-refractivity contribution >= 4 is 12.0 Å². The van der Waals surface area contributed by atoms with E-state index in [1.54, 1.807) is 20.8 Å². The lowest BCUT2D eigenvalue weighted by Gasteiger charge is -2.19. The maximum atomic E-state index is 12.6. The van der Waals surface area contributed by atoms with E-state index in [4.69, 9.17) is 10.3 Å². The van der Waals surface area contributed by atoms with Crippen LogP contribution in [0.4, 0.5) is 18.0 Å². The van der Waals surface area contributed by atoms with Gasteiger partial charge in [-0.3, -0.25) is 4.79 Å². The van der Waals surface area contributed by atoms with Gasteiger partial charge in [-0.1, -0.05) is 23.7 Å². The van der Waals surface area contributed by atoms with Crippen LogP contribution in [0.15, 0.2) is 29.4 Å². The molecule has 1 atom stereocenters. The van der Waals surface area contributed by atoms with E-state index in [-0.39, 0.29) is 13.0 Å². The lowest BCUT2D eigenvalue weighted by molar-refractivity contribution is -0.137. The highest BCUT2D eigenvalue weighted by Crippen LogP contribution is 2.29. The molecule has 0 aliphatic heterocycles. The van der Waals surface area contributed by atoms with E-state index in [9.17, 15) is 22.8 Å². The van der Waals surface area contributed by atoms with Crippen molar-refractivity contribution in [2.24, 2.45) is 5.11 Å². The van der Waals surface area contributed by atoms with Crippen LogP contribution >= 0.6 is 0 Å². The van der Waals surface area contributed by atoms with Crippen LogP contribution in [0.3, 0.4) is 0 Å². The van der Waals surface area contributed by atoms with Gasteiger partial charge in [-0.05, 0) is 56.8 Å². The molecular weight excluding hydrogens is 403 g/mol. The minimum Gasteiger partial charge on any atom is -0.444 e. The van der Waals surface area contributed by atoms with E-state index in [2.05, 4.69) is 20.7 Å². The van der Waals surface area contributed by atoms with Gasteiger partial charge in [0.15, 0.2) is 0 Å². The van der Waals surface area contributed by atoms with Crippen molar-refractivity contribution in [1.29, 1.82) is 0 Å². The van der Waals surface area contributed by atoms with E-state index < -0.39 is 35.4 Å². The summed E-state index contributed by atoms with van der Waals surface area (Å²) < 4.78 is 42.8. The lowest BCUT2D eigenvalue weighted by Crippen LogP contribution is -2.34. The lowest BCUT2D eigenvalue weighted by atomic mass is 10.1. The van der Waals surface area contributed by atoms with Gasteiger partial charge in [-0.25, -0.2) is 4.79 Å². The number of nitrogens with one attached hydrogen (secondary N) is 2. The fourth-order valence-electron chi connectivity index (χ4n) is 2.39. The summed E-state index contributed by atoms with van der Waals surface area (Å²) in [5.41, 5.74) is 7.77. The molecule has 1 aromatic carbocycles. The summed E-state index contributed by atoms with van der Waals surface area (Å²) in [6, 6.07) is 3.46. The van der Waals surface area contributed by atoms with Gasteiger partial charge in [0.2, 0.25) is 5.91 Å². The number of amides is 2. The molecule has 0 radical (unpaired) electrons. The summed E-state index contributed by atoms with van der Waals surface area (Å²) in [5.74, 6) is -0.521. The normalized spacial score (nSPS) is 12.5. The molecule has 2 N–H and O–H groups in total. The standard InChI is InChI=1S/C19H26F3N5O3/c1-18(2,3)30-17(29)24-11-5-4-6-15(26-27-23)16(28)25-12-13-7-9-14(10-8-13)19(20,21)22/h7-10,15H,4-6,11-12H2,1-3H3,(H,24,29)(H,25,28). The summed E-state index contributed by atoms with van der Waals surface area (Å²) in [6.07, 6.45) is -3.65. The van der Waals surface area contributed by atoms with Gasteiger partial charge in [0.25, 0.3) is 0 Å². The van der Waals surface area contributed by atoms with Gasteiger partial charge in [0.1, 0.15) is 11.6 Å². The number of carbonyl (C=O) groups is 2. The van der Waals surface area contributed by atoms with Crippen LogP contribution < -0.4 is 10.6 Å². The summed E-state index contributed by atoms with van der Waals surface area (Å²) >= 11 is 0. The average Bonchev–Trinajstić information content (AvgIpc) is 2.63. The van der Waals surface area contributed by atoms with Crippen LogP contribution in [-0.2, 0) is 22.3 Å². The van der Waals surface area contributed by atoms with Crippen LogP contribution in [-0.4, -0.2) is 30.2 Å². The number of alkyl carbamates (subject to hydrolysis) is 1. The van der Waals surface area contributed by atoms with Gasteiger partial charge in [-0.15, -0.1) is 0 Å². The van der Waals surface area contributed by atoms with Crippen LogP contribution in [0.2, 0.25) is 0 Å². The molecule has 0 aromatic heterocycles. The minimum absolute atomic E-state index is 0.00855. The van der Waals surface area contributed by atoms with Gasteiger partial charge in [0.05, 0.1) is 5.56 Å². The first-order chi connectivity index (χ1) is 13.9. The zero-order chi connectivity index (χ0) is 22.8. The molecule has 0 aliphatic carbocycles. The number of unbranched alkanes of at least 4 members (excludes halogenated alkanes) is 1. The molecule has 8 nitrogen and oxygen atoms in total. The Labute approximate surface area is 172 Å². The number of hydrogen-bond acceptors (Lipinski definition) is 4. The minimum atomic E-state index is -4.42. The first-order valence-electron chi connectivity index (χ1n) is 9.37. The number of hydrogen-bond donors (Lipinski definition) is 2. The van der Waals surface area contributed by atoms with E-state index in [0.717, 1.165) is 12.1 Å². The highest BCUT2D eigenvalue weighted by Gasteiger charge is 2.29. The van der Waals surface area contributed by atoms with Crippen LogP contribution in [0.25, 0.3) is 10.4 Å². The van der Waals surface area contributed by atoms with Crippen molar-refractivity contribution < 1.29 is 27.5 Å². The quantitative estimate of drug-likeness (QED) is 0.257. The van der Waals surface area contributed by atoms with Crippen molar-refractivity contribution in [2.45, 2.75) is 64.4 Å². The van der Waals surface area contributed by atoms with E-state index in [1.165, 1.54) is 12.1 Å². The number of azide groups is 1. The molecule has 0 heterocycles. The summed E-state index contributed by atoms with van der Waals surface area (Å²) in [4.78, 5) is 26.4. The number of benzene rings is 1. The van der Waals surface area contributed by atoms with Crippen molar-refractivity contribution in [1.82, 2.24) is 10.6 Å². The molecule has 166 valence electrons. The smallest absolute Gasteiger partial charge is 0.416 e. The zero-order valence-electron chi connectivity index (χ0n) is 17.1. The van der Waals surface area contributed by atoms with Gasteiger partial charge < -0.3 is 15.4 Å². The fraction of sp³-hybridized carbons (Fsp3) is 0.579. The number of alkyl halides is 3. The highest BCUT2D eigenvalue weighted by molar-refractivity contribution is 5.81. The first-order valence-corrected chi connectivity index (χ1v) is 9.37. The van der Waals surface area contributed by atoms with Crippen molar-refractivity contribution in [3.05, 3.63) is 45.8 Å². The second-order valence-corrected chi connectivity index (χ2v) is 7.56. The Balaban J connectivity index is 2.42. The second kappa shape index (κ2) is 11.3. The molecule has 0 fully saturated rings. The van der Waals surface area contributed by atoms with Crippen LogP contribution in [0.1, 0.15) is 51.2 Å². The Hall–Kier alpha value is -2.94. The number of carbonyl (C=O) groups excluding carboxylic acids is 2. The predicted molar refractivity (Wildman–Crippen MR) is 104 cm³/mol. The Bertz CT molecular complexity index is 754. The van der Waals surface area contributed by atoms with E-state index in [1.807, 2.05) is 0 Å². The van der Waals surface area contributed by atoms with E-state index >= 15 is 0 Å². The molecule has 11 heteroatoms. The Kier molecular flexibility index (Phi) is 9.45. The van der Waals surface area contributed by atoms with Crippen LogP contribution in [0, 0.1) is 0 Å². The molecule has 0 spiro atoms. The molecule has 30 heavy (non-hydrogen) atoms. The highest BCUT2D eigenvalue weighted by atomic mass is 19.4. The number of nitrogens with zero attached hydrogens (tertiary/aromatic N) is 3. The first kappa shape index (κ1) is 25.1. The molecule has 1 rings (SSSR count). The molecular formula is C19H26F3N5O3. The van der Waals surface area contributed by atoms with Gasteiger partial charge in [-0.2, -0.15) is 13.2 Å². The van der Waals surface area contributed by atoms with E-state index in [0.29, 0.717) is 24.9 Å². The van der Waals surface area contributed by atoms with Gasteiger partial charge >= 0.3 is 12.3 Å². The molecule has 1 aromatic rings. The Morgan fingerprint density at radius 1 is 1.13 bits per heavy atom. The topological polar surface area (TPSA) is 116 Å². The summed E-state index contributed by atoms with van der Waals surface area (Å²) in [6.45, 7) is 5.60. The van der Waals surface area contributed by atoms with Gasteiger partial charge in [0, 0.05) is 18.0 Å². The largest absolute Gasteiger partial charge is 0.444 e. The molecule has 1 unspecified atom stereocenters. The SMILES string of the molecule is CC(C)(C)OC(=O)NCCCCC(N=[N+]=[N-])C(=O)NCc1ccc(C(F)(F)F)cc1. The number of ether oxygens (including phenoxy) is 1. The maximum Gasteiger partial charge on any atom is 0.416 e. The summed E-state index contributed by atoms with van der Waals surface area (Å²) in [5, 5.41) is 8.61. The van der Waals surface area contributed by atoms with Crippen LogP contribution in [0.5, 0.6) is 0 Å². The summed E-state index contributed by atoms with van der Waals surface area (Å²) in [7, 11) is 0. The third kappa shape index (κ3) is 10.0. The molecule has 0 saturated heterocycles. The molecule has 0 bridgehead atoms. The monoisotopic (exact) mass is 429 g/mol. The molecule has 0 saturated carbocycles. The number of rotatable bonds is 9. The third-order valence-corrected chi connectivity index (χ3v) is 3.81. The molecule has 0 aliphatic rings. The maximum absolute atomic E-state index is 12.6. The number of halogens is 3. The van der Waals surface area contributed by atoms with Crippen molar-refractivity contribution in [3.63, 3.8) is 0 Å².